The maximum Gasteiger partial charge on any atom is 0.309 e. The number of ether oxygens (including phenoxy) is 1. The van der Waals surface area contributed by atoms with Crippen LogP contribution in [0.15, 0.2) is 16.8 Å². The van der Waals surface area contributed by atoms with Gasteiger partial charge in [-0.05, 0) is 23.8 Å². The molecule has 0 unspecified atom stereocenters. The molecule has 2 atom stereocenters. The van der Waals surface area contributed by atoms with Gasteiger partial charge in [0, 0.05) is 0 Å². The Morgan fingerprint density at radius 2 is 2.13 bits per heavy atom. The fraction of sp³-hybridized carbons (Fsp3) is 0.636. The largest absolute Gasteiger partial charge is 0.469 e. The number of carbonyl (C=O) groups is 1. The highest BCUT2D eigenvalue weighted by molar-refractivity contribution is 5.80. The van der Waals surface area contributed by atoms with Crippen LogP contribution in [-0.2, 0) is 9.53 Å². The number of carbonyl (C=O) groups excluding carboxylic acids is 1. The highest BCUT2D eigenvalue weighted by atomic mass is 16.5. The number of methoxy groups -OCH3 is 1. The topological polar surface area (TPSA) is 58.9 Å². The predicted molar refractivity (Wildman–Crippen MR) is 56.8 cm³/mol. The first-order valence-corrected chi connectivity index (χ1v) is 4.88. The van der Waals surface area contributed by atoms with Crippen molar-refractivity contribution in [3.63, 3.8) is 0 Å². The van der Waals surface area contributed by atoms with Crippen LogP contribution in [0.1, 0.15) is 20.8 Å². The van der Waals surface area contributed by atoms with E-state index in [1.54, 1.807) is 0 Å². The minimum Gasteiger partial charge on any atom is -0.469 e. The minimum absolute atomic E-state index is 0.0579. The van der Waals surface area contributed by atoms with Gasteiger partial charge in [0.15, 0.2) is 0 Å². The fourth-order valence-corrected chi connectivity index (χ4v) is 1.98. The molecule has 1 saturated carbocycles. The summed E-state index contributed by atoms with van der Waals surface area (Å²) in [6.07, 6.45) is 3.31. The lowest BCUT2D eigenvalue weighted by Gasteiger charge is -1.99. The minimum atomic E-state index is -0.171. The van der Waals surface area contributed by atoms with E-state index in [9.17, 15) is 4.79 Å². The molecule has 0 spiro atoms. The maximum atomic E-state index is 11.4. The standard InChI is InChI=1S/C11H17NO3/c1-7(6-12-14)5-8-9(10(13)15-4)11(8,2)3/h5-6,8-9,14H,1-4H3/b7-5+,12-6+/t8-,9-/m0/s1. The van der Waals surface area contributed by atoms with Crippen molar-refractivity contribution < 1.29 is 14.7 Å². The van der Waals surface area contributed by atoms with E-state index in [1.807, 2.05) is 26.8 Å². The van der Waals surface area contributed by atoms with Gasteiger partial charge in [0.2, 0.25) is 0 Å². The van der Waals surface area contributed by atoms with Crippen LogP contribution in [0.5, 0.6) is 0 Å². The van der Waals surface area contributed by atoms with Gasteiger partial charge in [-0.1, -0.05) is 25.1 Å². The molecule has 15 heavy (non-hydrogen) atoms. The first-order chi connectivity index (χ1) is 6.95. The zero-order chi connectivity index (χ0) is 11.6. The van der Waals surface area contributed by atoms with Crippen molar-refractivity contribution in [2.24, 2.45) is 22.4 Å². The van der Waals surface area contributed by atoms with Gasteiger partial charge in [-0.2, -0.15) is 0 Å². The molecular weight excluding hydrogens is 194 g/mol. The van der Waals surface area contributed by atoms with Crippen LogP contribution >= 0.6 is 0 Å². The quantitative estimate of drug-likeness (QED) is 0.335. The monoisotopic (exact) mass is 211 g/mol. The molecule has 0 radical (unpaired) electrons. The molecule has 0 heterocycles. The summed E-state index contributed by atoms with van der Waals surface area (Å²) >= 11 is 0. The normalized spacial score (nSPS) is 29.2. The van der Waals surface area contributed by atoms with Gasteiger partial charge in [0.25, 0.3) is 0 Å². The molecule has 0 saturated heterocycles. The second-order valence-electron chi connectivity index (χ2n) is 4.50. The van der Waals surface area contributed by atoms with Gasteiger partial charge in [-0.3, -0.25) is 4.79 Å². The van der Waals surface area contributed by atoms with Crippen molar-refractivity contribution in [2.45, 2.75) is 20.8 Å². The smallest absolute Gasteiger partial charge is 0.309 e. The Bertz CT molecular complexity index is 318. The molecule has 0 aromatic heterocycles. The molecule has 1 rings (SSSR count). The Morgan fingerprint density at radius 1 is 1.53 bits per heavy atom. The number of allylic oxidation sites excluding steroid dienone is 2. The molecule has 1 aliphatic carbocycles. The zero-order valence-corrected chi connectivity index (χ0v) is 9.52. The molecule has 0 amide bonds. The van der Waals surface area contributed by atoms with Gasteiger partial charge in [-0.15, -0.1) is 0 Å². The first-order valence-electron chi connectivity index (χ1n) is 4.88. The second-order valence-corrected chi connectivity index (χ2v) is 4.50. The van der Waals surface area contributed by atoms with E-state index in [2.05, 4.69) is 5.16 Å². The van der Waals surface area contributed by atoms with E-state index in [4.69, 9.17) is 9.94 Å². The Balaban J connectivity index is 2.75. The summed E-state index contributed by atoms with van der Waals surface area (Å²) in [5.41, 5.74) is 0.791. The molecular formula is C11H17NO3. The third kappa shape index (κ3) is 2.19. The second kappa shape index (κ2) is 4.04. The molecule has 84 valence electrons. The molecule has 1 fully saturated rings. The summed E-state index contributed by atoms with van der Waals surface area (Å²) in [5.74, 6) is -0.0810. The predicted octanol–water partition coefficient (Wildman–Crippen LogP) is 1.84. The highest BCUT2D eigenvalue weighted by Gasteiger charge is 2.61. The van der Waals surface area contributed by atoms with Gasteiger partial charge in [-0.25, -0.2) is 0 Å². The van der Waals surface area contributed by atoms with E-state index in [1.165, 1.54) is 13.3 Å². The molecule has 0 bridgehead atoms. The Hall–Kier alpha value is -1.32. The summed E-state index contributed by atoms with van der Waals surface area (Å²) < 4.78 is 4.73. The fourth-order valence-electron chi connectivity index (χ4n) is 1.98. The van der Waals surface area contributed by atoms with Crippen LogP contribution in [0.25, 0.3) is 0 Å². The van der Waals surface area contributed by atoms with Crippen molar-refractivity contribution in [3.8, 4) is 0 Å². The number of rotatable bonds is 3. The number of oxime groups is 1. The number of esters is 1. The lowest BCUT2D eigenvalue weighted by molar-refractivity contribution is -0.143. The number of nitrogens with zero attached hydrogens (tertiary/aromatic N) is 1. The first kappa shape index (κ1) is 11.8. The third-order valence-electron chi connectivity index (χ3n) is 3.07. The van der Waals surface area contributed by atoms with Gasteiger partial charge < -0.3 is 9.94 Å². The molecule has 0 aliphatic heterocycles. The van der Waals surface area contributed by atoms with Crippen molar-refractivity contribution in [1.82, 2.24) is 0 Å². The van der Waals surface area contributed by atoms with Crippen LogP contribution in [-0.4, -0.2) is 24.5 Å². The van der Waals surface area contributed by atoms with Gasteiger partial charge in [0.1, 0.15) is 0 Å². The summed E-state index contributed by atoms with van der Waals surface area (Å²) in [7, 11) is 1.40. The number of hydrogen-bond donors (Lipinski definition) is 1. The van der Waals surface area contributed by atoms with Crippen molar-refractivity contribution in [2.75, 3.05) is 7.11 Å². The van der Waals surface area contributed by atoms with Crippen LogP contribution in [0, 0.1) is 17.3 Å². The lowest BCUT2D eigenvalue weighted by Crippen LogP contribution is -2.07. The van der Waals surface area contributed by atoms with Crippen LogP contribution in [0.2, 0.25) is 0 Å². The van der Waals surface area contributed by atoms with Crippen LogP contribution in [0.4, 0.5) is 0 Å². The summed E-state index contributed by atoms with van der Waals surface area (Å²) in [4.78, 5) is 11.4. The Kier molecular flexibility index (Phi) is 3.17. The summed E-state index contributed by atoms with van der Waals surface area (Å²) in [5, 5.41) is 11.3. The van der Waals surface area contributed by atoms with Crippen molar-refractivity contribution in [1.29, 1.82) is 0 Å². The number of hydrogen-bond acceptors (Lipinski definition) is 4. The van der Waals surface area contributed by atoms with E-state index in [0.717, 1.165) is 5.57 Å². The van der Waals surface area contributed by atoms with Crippen molar-refractivity contribution >= 4 is 12.2 Å². The van der Waals surface area contributed by atoms with Crippen LogP contribution in [0.3, 0.4) is 0 Å². The average molecular weight is 211 g/mol. The van der Waals surface area contributed by atoms with E-state index in [-0.39, 0.29) is 23.2 Å². The maximum absolute atomic E-state index is 11.4. The highest BCUT2D eigenvalue weighted by Crippen LogP contribution is 2.59. The van der Waals surface area contributed by atoms with Gasteiger partial charge >= 0.3 is 5.97 Å². The molecule has 1 N–H and O–H groups in total. The van der Waals surface area contributed by atoms with Crippen molar-refractivity contribution in [3.05, 3.63) is 11.6 Å². The zero-order valence-electron chi connectivity index (χ0n) is 9.52. The molecule has 1 aliphatic rings. The lowest BCUT2D eigenvalue weighted by atomic mass is 10.1. The van der Waals surface area contributed by atoms with E-state index in [0.29, 0.717) is 0 Å². The van der Waals surface area contributed by atoms with Gasteiger partial charge in [0.05, 0.1) is 19.2 Å². The summed E-state index contributed by atoms with van der Waals surface area (Å²) in [6, 6.07) is 0. The molecule has 4 nitrogen and oxygen atoms in total. The Labute approximate surface area is 89.6 Å². The SMILES string of the molecule is COC(=O)[C@@H]1[C@H](/C=C(C)/C=N/O)C1(C)C. The molecule has 4 heteroatoms. The molecule has 0 aromatic carbocycles. The van der Waals surface area contributed by atoms with Crippen LogP contribution < -0.4 is 0 Å². The third-order valence-corrected chi connectivity index (χ3v) is 3.07. The van der Waals surface area contributed by atoms with E-state index >= 15 is 0 Å². The molecule has 0 aromatic rings. The Morgan fingerprint density at radius 3 is 2.60 bits per heavy atom. The van der Waals surface area contributed by atoms with E-state index < -0.39 is 0 Å². The summed E-state index contributed by atoms with van der Waals surface area (Å²) in [6.45, 7) is 5.89. The average Bonchev–Trinajstić information content (AvgIpc) is 2.67.